The van der Waals surface area contributed by atoms with Crippen molar-refractivity contribution in [2.45, 2.75) is 38.2 Å². The van der Waals surface area contributed by atoms with Crippen molar-refractivity contribution in [2.24, 2.45) is 0 Å². The zero-order valence-corrected chi connectivity index (χ0v) is 12.5. The number of ether oxygens (including phenoxy) is 1. The van der Waals surface area contributed by atoms with Gasteiger partial charge in [0.25, 0.3) is 0 Å². The fourth-order valence-electron chi connectivity index (χ4n) is 3.55. The first-order valence-corrected chi connectivity index (χ1v) is 8.03. The maximum atomic E-state index is 5.74. The molecular weight excluding hydrogens is 248 g/mol. The molecule has 0 aromatic heterocycles. The van der Waals surface area contributed by atoms with Crippen molar-refractivity contribution in [1.29, 1.82) is 0 Å². The van der Waals surface area contributed by atoms with E-state index in [4.69, 9.17) is 4.74 Å². The van der Waals surface area contributed by atoms with Crippen LogP contribution >= 0.6 is 0 Å². The van der Waals surface area contributed by atoms with E-state index in [1.54, 1.807) is 0 Å². The number of piperidine rings is 1. The Morgan fingerprint density at radius 3 is 2.80 bits per heavy atom. The fraction of sp³-hybridized carbons (Fsp3) is 0.647. The van der Waals surface area contributed by atoms with Crippen LogP contribution in [0.5, 0.6) is 0 Å². The summed E-state index contributed by atoms with van der Waals surface area (Å²) < 4.78 is 5.74. The number of anilines is 1. The van der Waals surface area contributed by atoms with Gasteiger partial charge in [-0.1, -0.05) is 18.2 Å². The molecule has 20 heavy (non-hydrogen) atoms. The maximum Gasteiger partial charge on any atom is 0.0599 e. The van der Waals surface area contributed by atoms with Crippen molar-refractivity contribution in [3.8, 4) is 0 Å². The van der Waals surface area contributed by atoms with Gasteiger partial charge in [-0.05, 0) is 37.8 Å². The minimum absolute atomic E-state index is 0.497. The molecule has 1 saturated heterocycles. The molecule has 110 valence electrons. The summed E-state index contributed by atoms with van der Waals surface area (Å²) in [6.45, 7) is 7.65. The first kappa shape index (κ1) is 13.9. The summed E-state index contributed by atoms with van der Waals surface area (Å²) in [6, 6.07) is 8.80. The lowest BCUT2D eigenvalue weighted by Crippen LogP contribution is -2.40. The predicted octanol–water partition coefficient (Wildman–Crippen LogP) is 3.09. The molecule has 2 heterocycles. The van der Waals surface area contributed by atoms with Crippen LogP contribution in [0.25, 0.3) is 0 Å². The summed E-state index contributed by atoms with van der Waals surface area (Å²) in [5.41, 5.74) is 2.85. The number of hydrogen-bond donors (Lipinski definition) is 1. The Morgan fingerprint density at radius 2 is 2.00 bits per heavy atom. The third-order valence-corrected chi connectivity index (χ3v) is 4.62. The van der Waals surface area contributed by atoms with Gasteiger partial charge in [0.15, 0.2) is 0 Å². The van der Waals surface area contributed by atoms with Crippen LogP contribution in [0.1, 0.15) is 37.7 Å². The van der Waals surface area contributed by atoms with Gasteiger partial charge >= 0.3 is 0 Å². The van der Waals surface area contributed by atoms with Crippen molar-refractivity contribution in [3.63, 3.8) is 0 Å². The van der Waals surface area contributed by atoms with Crippen LogP contribution in [0.2, 0.25) is 0 Å². The maximum absolute atomic E-state index is 5.74. The number of para-hydroxylation sites is 1. The van der Waals surface area contributed by atoms with Gasteiger partial charge in [-0.25, -0.2) is 0 Å². The molecule has 1 unspecified atom stereocenters. The second-order valence-electron chi connectivity index (χ2n) is 5.95. The van der Waals surface area contributed by atoms with Gasteiger partial charge in [0.05, 0.1) is 6.10 Å². The molecule has 0 saturated carbocycles. The molecule has 1 N–H and O–H groups in total. The Kier molecular flexibility index (Phi) is 4.58. The SMILES string of the molecule is CCOC1CCN(CC2CCNc3ccccc32)CC1. The van der Waals surface area contributed by atoms with Crippen LogP contribution in [0.3, 0.4) is 0 Å². The summed E-state index contributed by atoms with van der Waals surface area (Å²) in [5, 5.41) is 3.52. The van der Waals surface area contributed by atoms with Crippen LogP contribution in [-0.2, 0) is 4.74 Å². The second kappa shape index (κ2) is 6.59. The van der Waals surface area contributed by atoms with Crippen molar-refractivity contribution in [1.82, 2.24) is 4.90 Å². The molecule has 0 radical (unpaired) electrons. The third-order valence-electron chi connectivity index (χ3n) is 4.62. The molecule has 0 bridgehead atoms. The zero-order valence-electron chi connectivity index (χ0n) is 12.5. The van der Waals surface area contributed by atoms with Gasteiger partial charge in [0.1, 0.15) is 0 Å². The topological polar surface area (TPSA) is 24.5 Å². The highest BCUT2D eigenvalue weighted by molar-refractivity contribution is 5.54. The summed E-state index contributed by atoms with van der Waals surface area (Å²) >= 11 is 0. The Hall–Kier alpha value is -1.06. The average molecular weight is 274 g/mol. The Labute approximate surface area is 122 Å². The molecule has 1 aromatic carbocycles. The summed E-state index contributed by atoms with van der Waals surface area (Å²) in [7, 11) is 0. The molecular formula is C17H26N2O. The highest BCUT2D eigenvalue weighted by atomic mass is 16.5. The van der Waals surface area contributed by atoms with E-state index in [2.05, 4.69) is 41.4 Å². The van der Waals surface area contributed by atoms with Crippen molar-refractivity contribution < 1.29 is 4.74 Å². The van der Waals surface area contributed by atoms with E-state index in [0.29, 0.717) is 12.0 Å². The largest absolute Gasteiger partial charge is 0.385 e. The number of rotatable bonds is 4. The Morgan fingerprint density at radius 1 is 1.20 bits per heavy atom. The van der Waals surface area contributed by atoms with Crippen molar-refractivity contribution in [3.05, 3.63) is 29.8 Å². The van der Waals surface area contributed by atoms with Gasteiger partial charge in [0, 0.05) is 44.4 Å². The Bertz CT molecular complexity index is 427. The van der Waals surface area contributed by atoms with Gasteiger partial charge in [-0.15, -0.1) is 0 Å². The molecule has 2 aliphatic heterocycles. The van der Waals surface area contributed by atoms with E-state index in [-0.39, 0.29) is 0 Å². The molecule has 1 aromatic rings. The van der Waals surface area contributed by atoms with E-state index in [1.165, 1.54) is 50.1 Å². The summed E-state index contributed by atoms with van der Waals surface area (Å²) in [4.78, 5) is 2.63. The van der Waals surface area contributed by atoms with Crippen LogP contribution in [0.15, 0.2) is 24.3 Å². The first-order valence-electron chi connectivity index (χ1n) is 8.03. The van der Waals surface area contributed by atoms with E-state index < -0.39 is 0 Å². The van der Waals surface area contributed by atoms with Crippen molar-refractivity contribution in [2.75, 3.05) is 38.1 Å². The van der Waals surface area contributed by atoms with Gasteiger partial charge < -0.3 is 15.0 Å². The summed E-state index contributed by atoms with van der Waals surface area (Å²) in [6.07, 6.45) is 4.14. The minimum Gasteiger partial charge on any atom is -0.385 e. The third kappa shape index (κ3) is 3.15. The lowest BCUT2D eigenvalue weighted by atomic mass is 9.90. The average Bonchev–Trinajstić information content (AvgIpc) is 2.50. The van der Waals surface area contributed by atoms with Crippen LogP contribution in [0.4, 0.5) is 5.69 Å². The minimum atomic E-state index is 0.497. The second-order valence-corrected chi connectivity index (χ2v) is 5.95. The lowest BCUT2D eigenvalue weighted by Gasteiger charge is -2.36. The Balaban J connectivity index is 1.57. The van der Waals surface area contributed by atoms with Gasteiger partial charge in [-0.3, -0.25) is 0 Å². The van der Waals surface area contributed by atoms with Crippen LogP contribution < -0.4 is 5.32 Å². The fourth-order valence-corrected chi connectivity index (χ4v) is 3.55. The molecule has 2 aliphatic rings. The standard InChI is InChI=1S/C17H26N2O/c1-2-20-15-8-11-19(12-9-15)13-14-7-10-18-17-6-4-3-5-16(14)17/h3-6,14-15,18H,2,7-13H2,1H3. The monoisotopic (exact) mass is 274 g/mol. The van der Waals surface area contributed by atoms with E-state index in [9.17, 15) is 0 Å². The van der Waals surface area contributed by atoms with Crippen LogP contribution in [-0.4, -0.2) is 43.8 Å². The highest BCUT2D eigenvalue weighted by Crippen LogP contribution is 2.32. The zero-order chi connectivity index (χ0) is 13.8. The van der Waals surface area contributed by atoms with E-state index >= 15 is 0 Å². The number of benzene rings is 1. The quantitative estimate of drug-likeness (QED) is 0.913. The number of nitrogens with one attached hydrogen (secondary N) is 1. The number of likely N-dealkylation sites (tertiary alicyclic amines) is 1. The molecule has 0 amide bonds. The highest BCUT2D eigenvalue weighted by Gasteiger charge is 2.25. The van der Waals surface area contributed by atoms with E-state index in [1.807, 2.05) is 0 Å². The number of nitrogens with zero attached hydrogens (tertiary/aromatic N) is 1. The van der Waals surface area contributed by atoms with Gasteiger partial charge in [0.2, 0.25) is 0 Å². The normalized spacial score (nSPS) is 24.1. The number of hydrogen-bond acceptors (Lipinski definition) is 3. The molecule has 1 atom stereocenters. The summed E-state index contributed by atoms with van der Waals surface area (Å²) in [5.74, 6) is 0.691. The molecule has 0 aliphatic carbocycles. The smallest absolute Gasteiger partial charge is 0.0599 e. The molecule has 0 spiro atoms. The number of fused-ring (bicyclic) bond motifs is 1. The van der Waals surface area contributed by atoms with E-state index in [0.717, 1.165) is 13.2 Å². The van der Waals surface area contributed by atoms with Crippen molar-refractivity contribution >= 4 is 5.69 Å². The molecule has 3 nitrogen and oxygen atoms in total. The molecule has 3 heteroatoms. The van der Waals surface area contributed by atoms with Gasteiger partial charge in [-0.2, -0.15) is 0 Å². The molecule has 3 rings (SSSR count). The van der Waals surface area contributed by atoms with Crippen LogP contribution in [0, 0.1) is 0 Å². The molecule has 1 fully saturated rings. The predicted molar refractivity (Wildman–Crippen MR) is 83.4 cm³/mol. The lowest BCUT2D eigenvalue weighted by molar-refractivity contribution is 0.0129. The first-order chi connectivity index (χ1) is 9.86.